The number of phenolic OH excluding ortho intramolecular Hbond substituents is 2. The quantitative estimate of drug-likeness (QED) is 0.0950. The Labute approximate surface area is 374 Å². The van der Waals surface area contributed by atoms with Gasteiger partial charge in [0.2, 0.25) is 0 Å². The van der Waals surface area contributed by atoms with Gasteiger partial charge in [0, 0.05) is 0 Å². The zero-order valence-corrected chi connectivity index (χ0v) is 38.1. The number of nitrogens with zero attached hydrogens (tertiary/aromatic N) is 4. The largest absolute Gasteiger partial charge is 1.00 e. The Kier molecular flexibility index (Phi) is 18.1. The number of azo groups is 2. The van der Waals surface area contributed by atoms with E-state index < -0.39 is 105 Å². The fraction of sp³-hybridized carbons (Fsp3) is 0.0833. The maximum Gasteiger partial charge on any atom is 1.00 e. The molecule has 0 bridgehead atoms. The van der Waals surface area contributed by atoms with Crippen LogP contribution in [0.2, 0.25) is 0 Å². The van der Waals surface area contributed by atoms with Gasteiger partial charge in [0.15, 0.2) is 11.5 Å². The first-order chi connectivity index (χ1) is 21.0. The number of aryl methyl sites for hydroxylation is 2. The SMILES string of the molecule is Cc1ccc(N=Nc2c(S(=O)(=O)[O-])cc3cc(S(=O)(=O)[O-])c(N=Nc4ccc(C)cc4S(=O)(=O)[O-])c(O)c3c2O)c(S(=O)(=O)[O-])c1.[Na+].[Na+].[Na+].[Na+]. The maximum atomic E-state index is 12.1. The van der Waals surface area contributed by atoms with Crippen molar-refractivity contribution in [3.8, 4) is 11.5 Å². The predicted octanol–water partition coefficient (Wildman–Crippen LogP) is -8.67. The monoisotopic (exact) mass is 804 g/mol. The fourth-order valence-electron chi connectivity index (χ4n) is 4.05. The standard InChI is InChI=1S/C24H20N4O14S4.4Na/c1-11-3-5-14(16(7-11)43(31,32)33)25-27-21-18(45(37,38)39)9-13-10-19(46(40,41)42)22(24(30)20(13)23(21)29)28-26-15-6-4-12(2)8-17(15)44(34,35)36;;;;/h3-10,29-30H,1-2H3,(H,31,32,33)(H,34,35,36)(H,37,38,39)(H,40,41,42);;;;/q;4*+1/p-4. The molecule has 0 spiro atoms. The summed E-state index contributed by atoms with van der Waals surface area (Å²) in [5.41, 5.74) is -3.14. The molecule has 0 radical (unpaired) electrons. The average molecular weight is 805 g/mol. The topological polar surface area (TPSA) is 319 Å². The molecule has 0 heterocycles. The van der Waals surface area contributed by atoms with E-state index in [2.05, 4.69) is 20.5 Å². The van der Waals surface area contributed by atoms with Crippen LogP contribution in [0.3, 0.4) is 0 Å². The molecule has 0 saturated heterocycles. The molecule has 2 N–H and O–H groups in total. The van der Waals surface area contributed by atoms with Crippen LogP contribution in [0.25, 0.3) is 10.8 Å². The summed E-state index contributed by atoms with van der Waals surface area (Å²) in [6, 6.07) is 7.21. The average Bonchev–Trinajstić information content (AvgIpc) is 2.90. The Bertz CT molecular complexity index is 2310. The van der Waals surface area contributed by atoms with Crippen molar-refractivity contribution in [3.63, 3.8) is 0 Å². The van der Waals surface area contributed by atoms with Crippen LogP contribution in [0, 0.1) is 13.8 Å². The zero-order valence-electron chi connectivity index (χ0n) is 26.8. The van der Waals surface area contributed by atoms with E-state index in [9.17, 15) is 62.1 Å². The summed E-state index contributed by atoms with van der Waals surface area (Å²) in [5, 5.41) is 34.2. The van der Waals surface area contributed by atoms with Crippen molar-refractivity contribution in [1.82, 2.24) is 0 Å². The van der Waals surface area contributed by atoms with E-state index in [1.807, 2.05) is 0 Å². The Morgan fingerprint density at radius 3 is 1.06 bits per heavy atom. The molecule has 244 valence electrons. The van der Waals surface area contributed by atoms with E-state index in [1.54, 1.807) is 0 Å². The number of aromatic hydroxyl groups is 2. The third-order valence-electron chi connectivity index (χ3n) is 6.07. The molecule has 4 aromatic carbocycles. The maximum absolute atomic E-state index is 12.1. The number of rotatable bonds is 8. The van der Waals surface area contributed by atoms with Gasteiger partial charge in [0.1, 0.15) is 63.2 Å². The van der Waals surface area contributed by atoms with Crippen LogP contribution < -0.4 is 118 Å². The number of fused-ring (bicyclic) bond motifs is 1. The molecular weight excluding hydrogens is 789 g/mol. The van der Waals surface area contributed by atoms with Crippen LogP contribution in [0.15, 0.2) is 88.6 Å². The normalized spacial score (nSPS) is 12.2. The minimum Gasteiger partial charge on any atom is -0.744 e. The van der Waals surface area contributed by atoms with E-state index >= 15 is 0 Å². The summed E-state index contributed by atoms with van der Waals surface area (Å²) in [5.74, 6) is -2.76. The van der Waals surface area contributed by atoms with Crippen molar-refractivity contribution in [2.75, 3.05) is 0 Å². The molecule has 0 amide bonds. The first kappa shape index (κ1) is 49.6. The second-order valence-corrected chi connectivity index (χ2v) is 14.8. The second kappa shape index (κ2) is 18.3. The third kappa shape index (κ3) is 11.3. The Hall–Kier alpha value is -0.420. The Balaban J connectivity index is 0.00000600. The molecule has 0 aromatic heterocycles. The molecule has 4 rings (SSSR count). The number of hydrogen-bond donors (Lipinski definition) is 2. The molecule has 4 aromatic rings. The summed E-state index contributed by atoms with van der Waals surface area (Å²) in [6.45, 7) is 2.86. The fourth-order valence-corrected chi connectivity index (χ4v) is 6.73. The van der Waals surface area contributed by atoms with Gasteiger partial charge in [-0.05, 0) is 66.8 Å². The number of benzene rings is 4. The van der Waals surface area contributed by atoms with Crippen molar-refractivity contribution in [1.29, 1.82) is 0 Å². The smallest absolute Gasteiger partial charge is 0.744 e. The summed E-state index contributed by atoms with van der Waals surface area (Å²) in [7, 11) is -21.6. The van der Waals surface area contributed by atoms with Crippen LogP contribution in [0.4, 0.5) is 22.7 Å². The molecule has 0 fully saturated rings. The van der Waals surface area contributed by atoms with Crippen LogP contribution in [0.5, 0.6) is 11.5 Å². The van der Waals surface area contributed by atoms with Gasteiger partial charge in [-0.15, -0.1) is 20.5 Å². The second-order valence-electron chi connectivity index (χ2n) is 9.40. The van der Waals surface area contributed by atoms with E-state index in [0.717, 1.165) is 24.3 Å². The third-order valence-corrected chi connectivity index (χ3v) is 9.51. The van der Waals surface area contributed by atoms with Gasteiger partial charge in [-0.3, -0.25) is 0 Å². The minimum atomic E-state index is -5.62. The first-order valence-electron chi connectivity index (χ1n) is 11.9. The van der Waals surface area contributed by atoms with Crippen LogP contribution in [0.1, 0.15) is 11.1 Å². The Morgan fingerprint density at radius 1 is 0.480 bits per heavy atom. The van der Waals surface area contributed by atoms with E-state index in [4.69, 9.17) is 0 Å². The molecule has 0 aliphatic heterocycles. The molecule has 18 nitrogen and oxygen atoms in total. The Morgan fingerprint density at radius 2 is 0.780 bits per heavy atom. The van der Waals surface area contributed by atoms with Gasteiger partial charge in [-0.1, -0.05) is 12.1 Å². The molecule has 26 heteroatoms. The van der Waals surface area contributed by atoms with Crippen molar-refractivity contribution in [2.24, 2.45) is 20.5 Å². The van der Waals surface area contributed by atoms with Crippen molar-refractivity contribution in [3.05, 3.63) is 59.7 Å². The van der Waals surface area contributed by atoms with Gasteiger partial charge < -0.3 is 28.4 Å². The molecule has 0 aliphatic carbocycles. The van der Waals surface area contributed by atoms with Crippen LogP contribution in [-0.2, 0) is 40.5 Å². The molecule has 0 atom stereocenters. The summed E-state index contributed by atoms with van der Waals surface area (Å²) in [6.07, 6.45) is 0. The molecular formula is C24H16N4Na4O14S4. The zero-order chi connectivity index (χ0) is 34.6. The molecule has 0 aliphatic rings. The van der Waals surface area contributed by atoms with Gasteiger partial charge in [0.05, 0.1) is 25.0 Å². The summed E-state index contributed by atoms with van der Waals surface area (Å²) in [4.78, 5) is -4.58. The molecule has 50 heavy (non-hydrogen) atoms. The molecule has 0 unspecified atom stereocenters. The van der Waals surface area contributed by atoms with Crippen molar-refractivity contribution >= 4 is 74.0 Å². The number of hydrogen-bond acceptors (Lipinski definition) is 18. The molecule has 0 saturated carbocycles. The van der Waals surface area contributed by atoms with Crippen molar-refractivity contribution in [2.45, 2.75) is 33.4 Å². The van der Waals surface area contributed by atoms with Gasteiger partial charge in [0.25, 0.3) is 0 Å². The summed E-state index contributed by atoms with van der Waals surface area (Å²) >= 11 is 0. The van der Waals surface area contributed by atoms with Gasteiger partial charge >= 0.3 is 118 Å². The van der Waals surface area contributed by atoms with Gasteiger partial charge in [-0.25, -0.2) is 33.7 Å². The van der Waals surface area contributed by atoms with Crippen LogP contribution >= 0.6 is 0 Å². The summed E-state index contributed by atoms with van der Waals surface area (Å²) < 4.78 is 143. The number of phenols is 2. The van der Waals surface area contributed by atoms with E-state index in [1.165, 1.54) is 26.0 Å². The van der Waals surface area contributed by atoms with E-state index in [-0.39, 0.29) is 118 Å². The van der Waals surface area contributed by atoms with Crippen molar-refractivity contribution < 1.29 is 180 Å². The minimum absolute atomic E-state index is 0. The first-order valence-corrected chi connectivity index (χ1v) is 17.6. The van der Waals surface area contributed by atoms with E-state index in [0.29, 0.717) is 23.3 Å². The van der Waals surface area contributed by atoms with Crippen LogP contribution in [-0.4, -0.2) is 62.1 Å². The predicted molar refractivity (Wildman–Crippen MR) is 150 cm³/mol. The van der Waals surface area contributed by atoms with Gasteiger partial charge in [-0.2, -0.15) is 0 Å².